The van der Waals surface area contributed by atoms with E-state index in [1.165, 1.54) is 6.07 Å². The molecule has 0 atom stereocenters. The van der Waals surface area contributed by atoms with Crippen molar-refractivity contribution in [3.8, 4) is 5.75 Å². The molecule has 0 spiro atoms. The van der Waals surface area contributed by atoms with Gasteiger partial charge in [0.15, 0.2) is 11.6 Å². The van der Waals surface area contributed by atoms with Crippen LogP contribution in [0, 0.1) is 5.82 Å². The molecular weight excluding hydrogens is 221 g/mol. The summed E-state index contributed by atoms with van der Waals surface area (Å²) in [6.07, 6.45) is 2.15. The molecule has 0 aliphatic heterocycles. The van der Waals surface area contributed by atoms with E-state index >= 15 is 0 Å². The van der Waals surface area contributed by atoms with Gasteiger partial charge in [-0.1, -0.05) is 19.4 Å². The molecule has 0 amide bonds. The smallest absolute Gasteiger partial charge is 0.165 e. The minimum Gasteiger partial charge on any atom is -0.488 e. The summed E-state index contributed by atoms with van der Waals surface area (Å²) in [5, 5.41) is 0. The van der Waals surface area contributed by atoms with E-state index in [0.717, 1.165) is 25.0 Å². The van der Waals surface area contributed by atoms with Crippen LogP contribution < -0.4 is 10.5 Å². The molecule has 1 aromatic rings. The van der Waals surface area contributed by atoms with Gasteiger partial charge >= 0.3 is 0 Å². The highest BCUT2D eigenvalue weighted by atomic mass is 19.1. The fourth-order valence-electron chi connectivity index (χ4n) is 1.35. The van der Waals surface area contributed by atoms with Crippen LogP contribution in [0.5, 0.6) is 5.75 Å². The molecular formula is C13H20FNO2. The van der Waals surface area contributed by atoms with Crippen LogP contribution in [0.2, 0.25) is 0 Å². The lowest BCUT2D eigenvalue weighted by Crippen LogP contribution is -2.08. The fraction of sp³-hybridized carbons (Fsp3) is 0.538. The SMILES string of the molecule is CCCCOCCOc1ccc(CN)cc1F. The summed E-state index contributed by atoms with van der Waals surface area (Å²) in [5.41, 5.74) is 6.17. The summed E-state index contributed by atoms with van der Waals surface area (Å²) in [5.74, 6) is -0.122. The van der Waals surface area contributed by atoms with Gasteiger partial charge in [-0.2, -0.15) is 0 Å². The maximum Gasteiger partial charge on any atom is 0.165 e. The monoisotopic (exact) mass is 241 g/mol. The molecule has 1 aromatic carbocycles. The fourth-order valence-corrected chi connectivity index (χ4v) is 1.35. The average molecular weight is 241 g/mol. The van der Waals surface area contributed by atoms with E-state index in [4.69, 9.17) is 15.2 Å². The standard InChI is InChI=1S/C13H20FNO2/c1-2-3-6-16-7-8-17-13-5-4-11(10-15)9-12(13)14/h4-5,9H,2-3,6-8,10,15H2,1H3. The minimum atomic E-state index is -0.374. The number of nitrogens with two attached hydrogens (primary N) is 1. The van der Waals surface area contributed by atoms with Gasteiger partial charge < -0.3 is 15.2 Å². The van der Waals surface area contributed by atoms with Gasteiger partial charge in [-0.25, -0.2) is 4.39 Å². The van der Waals surface area contributed by atoms with Gasteiger partial charge in [-0.3, -0.25) is 0 Å². The minimum absolute atomic E-state index is 0.251. The Labute approximate surface area is 102 Å². The maximum atomic E-state index is 13.4. The number of hydrogen-bond acceptors (Lipinski definition) is 3. The second-order valence-corrected chi connectivity index (χ2v) is 3.78. The van der Waals surface area contributed by atoms with E-state index < -0.39 is 0 Å². The zero-order valence-electron chi connectivity index (χ0n) is 10.2. The quantitative estimate of drug-likeness (QED) is 0.711. The number of hydrogen-bond donors (Lipinski definition) is 1. The summed E-state index contributed by atoms with van der Waals surface area (Å²) < 4.78 is 24.0. The highest BCUT2D eigenvalue weighted by molar-refractivity contribution is 5.29. The van der Waals surface area contributed by atoms with Crippen molar-refractivity contribution in [2.45, 2.75) is 26.3 Å². The molecule has 0 bridgehead atoms. The van der Waals surface area contributed by atoms with E-state index in [-0.39, 0.29) is 11.6 Å². The van der Waals surface area contributed by atoms with Crippen LogP contribution in [0.4, 0.5) is 4.39 Å². The molecule has 0 aliphatic carbocycles. The summed E-state index contributed by atoms with van der Waals surface area (Å²) in [7, 11) is 0. The molecule has 0 unspecified atom stereocenters. The second-order valence-electron chi connectivity index (χ2n) is 3.78. The lowest BCUT2D eigenvalue weighted by molar-refractivity contribution is 0.0967. The van der Waals surface area contributed by atoms with Crippen molar-refractivity contribution in [1.82, 2.24) is 0 Å². The number of unbranched alkanes of at least 4 members (excludes halogenated alkanes) is 1. The topological polar surface area (TPSA) is 44.5 Å². The van der Waals surface area contributed by atoms with Crippen molar-refractivity contribution in [3.05, 3.63) is 29.6 Å². The van der Waals surface area contributed by atoms with Gasteiger partial charge in [0.2, 0.25) is 0 Å². The molecule has 3 nitrogen and oxygen atoms in total. The van der Waals surface area contributed by atoms with Crippen molar-refractivity contribution >= 4 is 0 Å². The molecule has 4 heteroatoms. The second kappa shape index (κ2) is 8.03. The third-order valence-electron chi connectivity index (χ3n) is 2.36. The Hall–Kier alpha value is -1.13. The third-order valence-corrected chi connectivity index (χ3v) is 2.36. The molecule has 1 rings (SSSR count). The van der Waals surface area contributed by atoms with E-state index in [2.05, 4.69) is 6.92 Å². The van der Waals surface area contributed by atoms with E-state index in [0.29, 0.717) is 19.8 Å². The zero-order valence-corrected chi connectivity index (χ0v) is 10.2. The van der Waals surface area contributed by atoms with Gasteiger partial charge in [0.1, 0.15) is 6.61 Å². The number of benzene rings is 1. The van der Waals surface area contributed by atoms with Crippen molar-refractivity contribution in [2.75, 3.05) is 19.8 Å². The van der Waals surface area contributed by atoms with Crippen LogP contribution in [-0.2, 0) is 11.3 Å². The Balaban J connectivity index is 2.27. The van der Waals surface area contributed by atoms with Crippen LogP contribution in [0.1, 0.15) is 25.3 Å². The lowest BCUT2D eigenvalue weighted by Gasteiger charge is -2.08. The molecule has 17 heavy (non-hydrogen) atoms. The van der Waals surface area contributed by atoms with Crippen molar-refractivity contribution in [1.29, 1.82) is 0 Å². The molecule has 0 aliphatic rings. The molecule has 0 heterocycles. The molecule has 96 valence electrons. The molecule has 2 N–H and O–H groups in total. The van der Waals surface area contributed by atoms with Gasteiger partial charge in [0.05, 0.1) is 6.61 Å². The van der Waals surface area contributed by atoms with Gasteiger partial charge in [0.25, 0.3) is 0 Å². The first kappa shape index (κ1) is 13.9. The third kappa shape index (κ3) is 5.15. The van der Waals surface area contributed by atoms with E-state index in [1.807, 2.05) is 0 Å². The summed E-state index contributed by atoms with van der Waals surface area (Å²) >= 11 is 0. The normalized spacial score (nSPS) is 10.5. The number of halogens is 1. The molecule has 0 fully saturated rings. The van der Waals surface area contributed by atoms with Gasteiger partial charge in [0, 0.05) is 13.2 Å². The molecule has 0 aromatic heterocycles. The van der Waals surface area contributed by atoms with Crippen molar-refractivity contribution < 1.29 is 13.9 Å². The average Bonchev–Trinajstić information content (AvgIpc) is 2.35. The Kier molecular flexibility index (Phi) is 6.58. The molecule has 0 radical (unpaired) electrons. The Morgan fingerprint density at radius 2 is 2.06 bits per heavy atom. The Morgan fingerprint density at radius 1 is 1.24 bits per heavy atom. The molecule has 0 saturated heterocycles. The Morgan fingerprint density at radius 3 is 2.71 bits per heavy atom. The van der Waals surface area contributed by atoms with Crippen LogP contribution in [-0.4, -0.2) is 19.8 Å². The van der Waals surface area contributed by atoms with Gasteiger partial charge in [-0.05, 0) is 24.1 Å². The number of ether oxygens (including phenoxy) is 2. The highest BCUT2D eigenvalue weighted by Gasteiger charge is 2.03. The molecule has 0 saturated carbocycles. The van der Waals surface area contributed by atoms with E-state index in [1.54, 1.807) is 12.1 Å². The van der Waals surface area contributed by atoms with Gasteiger partial charge in [-0.15, -0.1) is 0 Å². The van der Waals surface area contributed by atoms with Crippen LogP contribution in [0.3, 0.4) is 0 Å². The first-order valence-electron chi connectivity index (χ1n) is 5.97. The summed E-state index contributed by atoms with van der Waals surface area (Å²) in [6, 6.07) is 4.76. The van der Waals surface area contributed by atoms with Crippen molar-refractivity contribution in [3.63, 3.8) is 0 Å². The highest BCUT2D eigenvalue weighted by Crippen LogP contribution is 2.17. The largest absolute Gasteiger partial charge is 0.488 e. The maximum absolute atomic E-state index is 13.4. The van der Waals surface area contributed by atoms with Crippen LogP contribution in [0.25, 0.3) is 0 Å². The first-order valence-corrected chi connectivity index (χ1v) is 5.97. The number of rotatable bonds is 8. The zero-order chi connectivity index (χ0) is 12.5. The van der Waals surface area contributed by atoms with Crippen LogP contribution in [0.15, 0.2) is 18.2 Å². The Bertz CT molecular complexity index is 331. The first-order chi connectivity index (χ1) is 8.27. The summed E-state index contributed by atoms with van der Waals surface area (Å²) in [6.45, 7) is 4.01. The lowest BCUT2D eigenvalue weighted by atomic mass is 10.2. The van der Waals surface area contributed by atoms with E-state index in [9.17, 15) is 4.39 Å². The van der Waals surface area contributed by atoms with Crippen LogP contribution >= 0.6 is 0 Å². The summed E-state index contributed by atoms with van der Waals surface area (Å²) in [4.78, 5) is 0. The van der Waals surface area contributed by atoms with Crippen molar-refractivity contribution in [2.24, 2.45) is 5.73 Å². The predicted octanol–water partition coefficient (Wildman–Crippen LogP) is 2.48. The predicted molar refractivity (Wildman–Crippen MR) is 65.5 cm³/mol.